The summed E-state index contributed by atoms with van der Waals surface area (Å²) in [6.45, 7) is 0. The SMILES string of the molecule is C1=CS(=Cc2ccccc2)CS1. The fraction of sp³-hybridized carbons (Fsp3) is 0.100. The zero-order valence-corrected chi connectivity index (χ0v) is 8.28. The van der Waals surface area contributed by atoms with Crippen molar-refractivity contribution in [2.45, 2.75) is 0 Å². The van der Waals surface area contributed by atoms with E-state index >= 15 is 0 Å². The smallest absolute Gasteiger partial charge is 0.0422 e. The summed E-state index contributed by atoms with van der Waals surface area (Å²) in [6.07, 6.45) is 0. The highest BCUT2D eigenvalue weighted by Crippen LogP contribution is 2.30. The lowest BCUT2D eigenvalue weighted by Gasteiger charge is -1.95. The summed E-state index contributed by atoms with van der Waals surface area (Å²) in [5, 5.41) is 8.06. The molecule has 0 bridgehead atoms. The van der Waals surface area contributed by atoms with E-state index in [1.807, 2.05) is 11.8 Å². The molecule has 0 saturated carbocycles. The Morgan fingerprint density at radius 1 is 1.25 bits per heavy atom. The first-order chi connectivity index (χ1) is 5.95. The molecule has 0 saturated heterocycles. The Hall–Kier alpha value is -0.470. The van der Waals surface area contributed by atoms with Crippen LogP contribution in [0.15, 0.2) is 41.1 Å². The van der Waals surface area contributed by atoms with E-state index in [9.17, 15) is 0 Å². The molecule has 0 amide bonds. The second-order valence-corrected chi connectivity index (χ2v) is 5.55. The van der Waals surface area contributed by atoms with Crippen LogP contribution in [0.3, 0.4) is 0 Å². The van der Waals surface area contributed by atoms with Gasteiger partial charge in [-0.25, -0.2) is 0 Å². The van der Waals surface area contributed by atoms with E-state index in [4.69, 9.17) is 0 Å². The lowest BCUT2D eigenvalue weighted by Crippen LogP contribution is -1.78. The van der Waals surface area contributed by atoms with E-state index in [2.05, 4.69) is 46.5 Å². The largest absolute Gasteiger partial charge is 0.150 e. The van der Waals surface area contributed by atoms with Crippen LogP contribution in [0.5, 0.6) is 0 Å². The minimum absolute atomic E-state index is 0.379. The number of thioether (sulfide) groups is 1. The molecule has 1 aliphatic heterocycles. The van der Waals surface area contributed by atoms with Gasteiger partial charge in [-0.05, 0) is 21.7 Å². The van der Waals surface area contributed by atoms with Crippen LogP contribution in [-0.2, 0) is 0 Å². The van der Waals surface area contributed by atoms with Crippen LogP contribution in [0.1, 0.15) is 5.56 Å². The molecule has 0 nitrogen and oxygen atoms in total. The average molecular weight is 194 g/mol. The molecule has 2 rings (SSSR count). The molecule has 1 aromatic rings. The summed E-state index contributed by atoms with van der Waals surface area (Å²) in [4.78, 5) is 0. The third-order valence-electron chi connectivity index (χ3n) is 1.62. The van der Waals surface area contributed by atoms with Gasteiger partial charge in [0.25, 0.3) is 0 Å². The third kappa shape index (κ3) is 2.02. The molecule has 1 unspecified atom stereocenters. The van der Waals surface area contributed by atoms with E-state index in [1.165, 1.54) is 10.6 Å². The van der Waals surface area contributed by atoms with Gasteiger partial charge in [0, 0.05) is 5.08 Å². The Balaban J connectivity index is 2.22. The van der Waals surface area contributed by atoms with E-state index in [0.29, 0.717) is 10.5 Å². The summed E-state index contributed by atoms with van der Waals surface area (Å²) in [5.41, 5.74) is 1.34. The van der Waals surface area contributed by atoms with E-state index in [1.54, 1.807) is 0 Å². The number of rotatable bonds is 1. The molecule has 1 heterocycles. The Morgan fingerprint density at radius 2 is 2.08 bits per heavy atom. The minimum Gasteiger partial charge on any atom is -0.150 e. The summed E-state index contributed by atoms with van der Waals surface area (Å²) in [5.74, 6) is 0. The molecule has 0 N–H and O–H groups in total. The molecular formula is C10H10S2. The van der Waals surface area contributed by atoms with Gasteiger partial charge in [0.15, 0.2) is 0 Å². The van der Waals surface area contributed by atoms with Crippen LogP contribution in [0.4, 0.5) is 0 Å². The maximum atomic E-state index is 2.34. The van der Waals surface area contributed by atoms with Gasteiger partial charge >= 0.3 is 0 Å². The first kappa shape index (κ1) is 8.14. The molecule has 0 fully saturated rings. The van der Waals surface area contributed by atoms with E-state index < -0.39 is 0 Å². The normalized spacial score (nSPS) is 21.8. The van der Waals surface area contributed by atoms with Crippen LogP contribution < -0.4 is 0 Å². The molecule has 62 valence electrons. The van der Waals surface area contributed by atoms with Crippen LogP contribution in [0.2, 0.25) is 0 Å². The maximum Gasteiger partial charge on any atom is 0.0422 e. The van der Waals surface area contributed by atoms with Gasteiger partial charge in [0.2, 0.25) is 0 Å². The van der Waals surface area contributed by atoms with Crippen molar-refractivity contribution in [2.75, 3.05) is 5.08 Å². The van der Waals surface area contributed by atoms with E-state index in [-0.39, 0.29) is 0 Å². The number of benzene rings is 1. The quantitative estimate of drug-likeness (QED) is 0.618. The summed E-state index contributed by atoms with van der Waals surface area (Å²) in [7, 11) is 0.379. The van der Waals surface area contributed by atoms with Gasteiger partial charge in [-0.1, -0.05) is 30.3 Å². The van der Waals surface area contributed by atoms with Crippen molar-refractivity contribution < 1.29 is 0 Å². The van der Waals surface area contributed by atoms with Gasteiger partial charge in [-0.15, -0.1) is 11.8 Å². The highest BCUT2D eigenvalue weighted by molar-refractivity contribution is 8.30. The third-order valence-corrected chi connectivity index (χ3v) is 4.81. The summed E-state index contributed by atoms with van der Waals surface area (Å²) < 4.78 is 0. The van der Waals surface area contributed by atoms with Crippen LogP contribution >= 0.6 is 22.2 Å². The monoisotopic (exact) mass is 194 g/mol. The molecule has 0 aliphatic carbocycles. The van der Waals surface area contributed by atoms with Gasteiger partial charge in [-0.3, -0.25) is 0 Å². The molecule has 1 aliphatic rings. The standard InChI is InChI=1S/C10H10S2/c1-2-4-10(5-3-1)8-12-7-6-11-9-12/h1-8H,9H2. The molecule has 1 aromatic carbocycles. The van der Waals surface area contributed by atoms with Crippen molar-refractivity contribution in [1.82, 2.24) is 0 Å². The molecule has 12 heavy (non-hydrogen) atoms. The molecule has 1 atom stereocenters. The average Bonchev–Trinajstić information content (AvgIpc) is 2.59. The highest BCUT2D eigenvalue weighted by atomic mass is 32.2. The first-order valence-corrected chi connectivity index (χ1v) is 6.39. The van der Waals surface area contributed by atoms with Gasteiger partial charge < -0.3 is 0 Å². The Kier molecular flexibility index (Phi) is 2.69. The van der Waals surface area contributed by atoms with Crippen molar-refractivity contribution in [2.24, 2.45) is 0 Å². The zero-order chi connectivity index (χ0) is 8.23. The summed E-state index contributed by atoms with van der Waals surface area (Å²) in [6, 6.07) is 10.5. The van der Waals surface area contributed by atoms with Crippen molar-refractivity contribution in [3.63, 3.8) is 0 Å². The zero-order valence-electron chi connectivity index (χ0n) is 6.64. The Labute approximate surface area is 79.6 Å². The predicted molar refractivity (Wildman–Crippen MR) is 60.8 cm³/mol. The van der Waals surface area contributed by atoms with Gasteiger partial charge in [0.05, 0.1) is 0 Å². The van der Waals surface area contributed by atoms with Crippen LogP contribution in [0.25, 0.3) is 0 Å². The Bertz CT molecular complexity index is 312. The molecular weight excluding hydrogens is 184 g/mol. The fourth-order valence-corrected chi connectivity index (χ4v) is 4.05. The van der Waals surface area contributed by atoms with Gasteiger partial charge in [0.1, 0.15) is 0 Å². The number of hydrogen-bond donors (Lipinski definition) is 0. The maximum absolute atomic E-state index is 2.34. The van der Waals surface area contributed by atoms with E-state index in [0.717, 1.165) is 0 Å². The predicted octanol–water partition coefficient (Wildman–Crippen LogP) is 3.28. The molecule has 2 heteroatoms. The topological polar surface area (TPSA) is 0 Å². The summed E-state index contributed by atoms with van der Waals surface area (Å²) >= 11 is 1.90. The second-order valence-electron chi connectivity index (χ2n) is 2.55. The van der Waals surface area contributed by atoms with Crippen LogP contribution in [-0.4, -0.2) is 10.5 Å². The lowest BCUT2D eigenvalue weighted by molar-refractivity contribution is 1.69. The fourth-order valence-electron chi connectivity index (χ4n) is 1.05. The minimum atomic E-state index is 0.379. The molecule has 0 aromatic heterocycles. The van der Waals surface area contributed by atoms with Crippen LogP contribution in [0, 0.1) is 0 Å². The molecule has 0 spiro atoms. The first-order valence-electron chi connectivity index (χ1n) is 3.82. The Morgan fingerprint density at radius 3 is 2.75 bits per heavy atom. The van der Waals surface area contributed by atoms with Crippen molar-refractivity contribution in [3.05, 3.63) is 46.7 Å². The second kappa shape index (κ2) is 3.97. The molecule has 0 radical (unpaired) electrons. The lowest BCUT2D eigenvalue weighted by atomic mass is 10.2. The van der Waals surface area contributed by atoms with Crippen molar-refractivity contribution in [3.8, 4) is 0 Å². The number of hydrogen-bond acceptors (Lipinski definition) is 1. The van der Waals surface area contributed by atoms with Crippen molar-refractivity contribution in [1.29, 1.82) is 0 Å². The van der Waals surface area contributed by atoms with Crippen molar-refractivity contribution >= 4 is 27.6 Å². The highest BCUT2D eigenvalue weighted by Gasteiger charge is 1.96. The van der Waals surface area contributed by atoms with Gasteiger partial charge in [-0.2, -0.15) is 10.5 Å².